The molecule has 1 N–H and O–H groups in total. The van der Waals surface area contributed by atoms with Crippen molar-refractivity contribution in [1.29, 1.82) is 0 Å². The van der Waals surface area contributed by atoms with Crippen LogP contribution in [0.2, 0.25) is 0 Å². The summed E-state index contributed by atoms with van der Waals surface area (Å²) in [4.78, 5) is 4.48. The van der Waals surface area contributed by atoms with Gasteiger partial charge in [0.25, 0.3) is 0 Å². The summed E-state index contributed by atoms with van der Waals surface area (Å²) in [6, 6.07) is 3.86. The Balaban J connectivity index is 2.19. The Kier molecular flexibility index (Phi) is 3.28. The van der Waals surface area contributed by atoms with Gasteiger partial charge in [-0.15, -0.1) is 0 Å². The van der Waals surface area contributed by atoms with E-state index >= 15 is 0 Å². The number of aromatic nitrogens is 2. The number of benzene rings is 1. The highest BCUT2D eigenvalue weighted by Gasteiger charge is 2.31. The second-order valence-electron chi connectivity index (χ2n) is 5.31. The van der Waals surface area contributed by atoms with E-state index in [4.69, 9.17) is 0 Å². The molecule has 3 rings (SSSR count). The third-order valence-corrected chi connectivity index (χ3v) is 3.83. The average Bonchev–Trinajstić information content (AvgIpc) is 2.74. The van der Waals surface area contributed by atoms with Crippen molar-refractivity contribution < 1.29 is 13.2 Å². The number of nitrogens with zero attached hydrogens (tertiary/aromatic N) is 2. The highest BCUT2D eigenvalue weighted by Crippen LogP contribution is 2.32. The minimum absolute atomic E-state index is 0.568. The molecule has 3 nitrogen and oxygen atoms in total. The molecule has 0 radical (unpaired) electrons. The van der Waals surface area contributed by atoms with Crippen molar-refractivity contribution in [2.24, 2.45) is 0 Å². The SMILES string of the molecule is Cc1ccc(C(F)(F)F)cc1-n1c(C)nc2c1CCNC2. The van der Waals surface area contributed by atoms with E-state index in [1.807, 2.05) is 18.4 Å². The lowest BCUT2D eigenvalue weighted by Crippen LogP contribution is -2.25. The summed E-state index contributed by atoms with van der Waals surface area (Å²) in [5.41, 5.74) is 2.69. The van der Waals surface area contributed by atoms with Gasteiger partial charge in [-0.1, -0.05) is 6.07 Å². The Morgan fingerprint density at radius 2 is 2.00 bits per heavy atom. The molecule has 0 fully saturated rings. The summed E-state index contributed by atoms with van der Waals surface area (Å²) in [6.07, 6.45) is -3.57. The van der Waals surface area contributed by atoms with Crippen LogP contribution in [0.5, 0.6) is 0 Å². The van der Waals surface area contributed by atoms with Crippen LogP contribution in [0.4, 0.5) is 13.2 Å². The van der Waals surface area contributed by atoms with Gasteiger partial charge in [-0.05, 0) is 31.5 Å². The quantitative estimate of drug-likeness (QED) is 0.876. The minimum atomic E-state index is -4.33. The van der Waals surface area contributed by atoms with Crippen molar-refractivity contribution in [3.8, 4) is 5.69 Å². The third kappa shape index (κ3) is 2.44. The first-order valence-electron chi connectivity index (χ1n) is 6.84. The number of halogens is 3. The van der Waals surface area contributed by atoms with Gasteiger partial charge in [0.15, 0.2) is 0 Å². The van der Waals surface area contributed by atoms with Gasteiger partial charge in [0, 0.05) is 25.2 Å². The molecule has 0 aliphatic carbocycles. The van der Waals surface area contributed by atoms with E-state index in [2.05, 4.69) is 10.3 Å². The van der Waals surface area contributed by atoms with E-state index in [9.17, 15) is 13.2 Å². The average molecular weight is 295 g/mol. The van der Waals surface area contributed by atoms with E-state index in [1.54, 1.807) is 0 Å². The van der Waals surface area contributed by atoms with Crippen LogP contribution in [-0.2, 0) is 19.1 Å². The van der Waals surface area contributed by atoms with Gasteiger partial charge in [-0.3, -0.25) is 0 Å². The first kappa shape index (κ1) is 14.1. The fourth-order valence-electron chi connectivity index (χ4n) is 2.79. The van der Waals surface area contributed by atoms with Gasteiger partial charge in [0.1, 0.15) is 5.82 Å². The smallest absolute Gasteiger partial charge is 0.311 e. The standard InChI is InChI=1S/C15H16F3N3/c1-9-3-4-11(15(16,17)18)7-14(9)21-10(2)20-12-8-19-6-5-13(12)21/h3-4,7,19H,5-6,8H2,1-2H3. The largest absolute Gasteiger partial charge is 0.416 e. The number of rotatable bonds is 1. The van der Waals surface area contributed by atoms with E-state index in [0.29, 0.717) is 12.2 Å². The molecule has 1 aliphatic heterocycles. The molecule has 0 unspecified atom stereocenters. The van der Waals surface area contributed by atoms with E-state index < -0.39 is 11.7 Å². The highest BCUT2D eigenvalue weighted by molar-refractivity contribution is 5.47. The van der Waals surface area contributed by atoms with E-state index in [0.717, 1.165) is 41.8 Å². The first-order valence-corrected chi connectivity index (χ1v) is 6.84. The van der Waals surface area contributed by atoms with Crippen LogP contribution < -0.4 is 5.32 Å². The maximum Gasteiger partial charge on any atom is 0.416 e. The van der Waals surface area contributed by atoms with Crippen molar-refractivity contribution in [3.63, 3.8) is 0 Å². The summed E-state index contributed by atoms with van der Waals surface area (Å²) in [6.45, 7) is 5.14. The zero-order valence-electron chi connectivity index (χ0n) is 11.9. The summed E-state index contributed by atoms with van der Waals surface area (Å²) in [5, 5.41) is 3.23. The molecule has 6 heteroatoms. The van der Waals surface area contributed by atoms with E-state index in [1.165, 1.54) is 12.1 Å². The lowest BCUT2D eigenvalue weighted by atomic mass is 10.1. The summed E-state index contributed by atoms with van der Waals surface area (Å²) >= 11 is 0. The number of alkyl halides is 3. The molecule has 0 atom stereocenters. The van der Waals surface area contributed by atoms with Gasteiger partial charge in [-0.25, -0.2) is 4.98 Å². The molecule has 0 spiro atoms. The molecule has 2 aromatic rings. The van der Waals surface area contributed by atoms with Gasteiger partial charge >= 0.3 is 6.18 Å². The second kappa shape index (κ2) is 4.87. The Morgan fingerprint density at radius 3 is 2.71 bits per heavy atom. The lowest BCUT2D eigenvalue weighted by Gasteiger charge is -2.18. The van der Waals surface area contributed by atoms with E-state index in [-0.39, 0.29) is 0 Å². The molecule has 21 heavy (non-hydrogen) atoms. The molecule has 0 amide bonds. The molecule has 0 saturated carbocycles. The fourth-order valence-corrected chi connectivity index (χ4v) is 2.79. The van der Waals surface area contributed by atoms with Crippen LogP contribution in [-0.4, -0.2) is 16.1 Å². The number of hydrogen-bond acceptors (Lipinski definition) is 2. The number of nitrogens with one attached hydrogen (secondary N) is 1. The minimum Gasteiger partial charge on any atom is -0.311 e. The second-order valence-corrected chi connectivity index (χ2v) is 5.31. The molecule has 2 heterocycles. The number of aryl methyl sites for hydroxylation is 2. The van der Waals surface area contributed by atoms with Crippen molar-refractivity contribution in [3.05, 3.63) is 46.5 Å². The van der Waals surface area contributed by atoms with Crippen LogP contribution in [0, 0.1) is 13.8 Å². The summed E-state index contributed by atoms with van der Waals surface area (Å²) in [5.74, 6) is 0.728. The molecular weight excluding hydrogens is 279 g/mol. The Labute approximate surface area is 120 Å². The molecule has 1 aromatic carbocycles. The van der Waals surface area contributed by atoms with Gasteiger partial charge in [-0.2, -0.15) is 13.2 Å². The Morgan fingerprint density at radius 1 is 1.24 bits per heavy atom. The topological polar surface area (TPSA) is 29.9 Å². The zero-order chi connectivity index (χ0) is 15.2. The van der Waals surface area contributed by atoms with Crippen molar-refractivity contribution in [2.45, 2.75) is 33.0 Å². The van der Waals surface area contributed by atoms with Gasteiger partial charge in [0.2, 0.25) is 0 Å². The monoisotopic (exact) mass is 295 g/mol. The summed E-state index contributed by atoms with van der Waals surface area (Å²) < 4.78 is 40.7. The molecule has 1 aliphatic rings. The molecular formula is C15H16F3N3. The first-order chi connectivity index (χ1) is 9.88. The normalized spacial score (nSPS) is 15.1. The Bertz CT molecular complexity index is 686. The van der Waals surface area contributed by atoms with Crippen LogP contribution in [0.15, 0.2) is 18.2 Å². The van der Waals surface area contributed by atoms with Crippen molar-refractivity contribution in [2.75, 3.05) is 6.54 Å². The van der Waals surface area contributed by atoms with Crippen LogP contribution >= 0.6 is 0 Å². The number of hydrogen-bond donors (Lipinski definition) is 1. The van der Waals surface area contributed by atoms with Crippen LogP contribution in [0.3, 0.4) is 0 Å². The highest BCUT2D eigenvalue weighted by atomic mass is 19.4. The predicted molar refractivity (Wildman–Crippen MR) is 73.5 cm³/mol. The van der Waals surface area contributed by atoms with Crippen LogP contribution in [0.1, 0.15) is 28.3 Å². The lowest BCUT2D eigenvalue weighted by molar-refractivity contribution is -0.137. The molecule has 1 aromatic heterocycles. The van der Waals surface area contributed by atoms with Gasteiger partial charge in [0.05, 0.1) is 16.9 Å². The molecule has 0 bridgehead atoms. The van der Waals surface area contributed by atoms with Gasteiger partial charge < -0.3 is 9.88 Å². The fraction of sp³-hybridized carbons (Fsp3) is 0.400. The zero-order valence-corrected chi connectivity index (χ0v) is 11.9. The summed E-state index contributed by atoms with van der Waals surface area (Å²) in [7, 11) is 0. The van der Waals surface area contributed by atoms with Crippen molar-refractivity contribution in [1.82, 2.24) is 14.9 Å². The molecule has 112 valence electrons. The number of fused-ring (bicyclic) bond motifs is 1. The molecule has 0 saturated heterocycles. The number of imidazole rings is 1. The van der Waals surface area contributed by atoms with Crippen LogP contribution in [0.25, 0.3) is 5.69 Å². The predicted octanol–water partition coefficient (Wildman–Crippen LogP) is 3.15. The third-order valence-electron chi connectivity index (χ3n) is 3.83. The Hall–Kier alpha value is -1.82. The van der Waals surface area contributed by atoms with Crippen molar-refractivity contribution >= 4 is 0 Å². The maximum absolute atomic E-state index is 12.9. The maximum atomic E-state index is 12.9.